The zero-order valence-electron chi connectivity index (χ0n) is 4.89. The van der Waals surface area contributed by atoms with Gasteiger partial charge >= 0.3 is 0 Å². The zero-order chi connectivity index (χ0) is 5.82. The summed E-state index contributed by atoms with van der Waals surface area (Å²) < 4.78 is 0. The van der Waals surface area contributed by atoms with Gasteiger partial charge in [-0.1, -0.05) is 6.08 Å². The Morgan fingerprint density at radius 3 is 3.12 bits per heavy atom. The Balaban J connectivity index is 2.33. The van der Waals surface area contributed by atoms with Gasteiger partial charge < -0.3 is 5.73 Å². The lowest BCUT2D eigenvalue weighted by Gasteiger charge is -1.88. The van der Waals surface area contributed by atoms with Crippen molar-refractivity contribution in [3.05, 3.63) is 11.0 Å². The minimum absolute atomic E-state index is 0.711. The highest BCUT2D eigenvalue weighted by Crippen LogP contribution is 2.29. The van der Waals surface area contributed by atoms with Crippen molar-refractivity contribution in [2.24, 2.45) is 5.73 Å². The summed E-state index contributed by atoms with van der Waals surface area (Å²) in [6, 6.07) is 0. The second-order valence-electron chi connectivity index (χ2n) is 1.86. The molecule has 1 nitrogen and oxygen atoms in total. The van der Waals surface area contributed by atoms with Crippen LogP contribution in [0, 0.1) is 0 Å². The van der Waals surface area contributed by atoms with Gasteiger partial charge in [-0.15, -0.1) is 11.8 Å². The molecule has 8 heavy (non-hydrogen) atoms. The second kappa shape index (κ2) is 3.15. The predicted octanol–water partition coefficient (Wildman–Crippen LogP) is 1.36. The summed E-state index contributed by atoms with van der Waals surface area (Å²) >= 11 is 1.95. The second-order valence-corrected chi connectivity index (χ2v) is 3.08. The minimum Gasteiger partial charge on any atom is -0.327 e. The van der Waals surface area contributed by atoms with E-state index in [1.54, 1.807) is 0 Å². The minimum atomic E-state index is 0.711. The molecule has 2 N–H and O–H groups in total. The van der Waals surface area contributed by atoms with Crippen molar-refractivity contribution in [3.63, 3.8) is 0 Å². The Morgan fingerprint density at radius 1 is 1.75 bits per heavy atom. The van der Waals surface area contributed by atoms with Crippen molar-refractivity contribution in [3.8, 4) is 0 Å². The van der Waals surface area contributed by atoms with Crippen LogP contribution in [0.2, 0.25) is 0 Å². The van der Waals surface area contributed by atoms with Gasteiger partial charge in [0.2, 0.25) is 0 Å². The predicted molar refractivity (Wildman–Crippen MR) is 38.8 cm³/mol. The van der Waals surface area contributed by atoms with Crippen molar-refractivity contribution in [2.75, 3.05) is 12.3 Å². The maximum Gasteiger partial charge on any atom is 0.0117 e. The molecule has 0 spiro atoms. The lowest BCUT2D eigenvalue weighted by atomic mass is 10.3. The third-order valence-corrected chi connectivity index (χ3v) is 2.43. The number of nitrogens with two attached hydrogens (primary N) is 1. The summed E-state index contributed by atoms with van der Waals surface area (Å²) in [5.41, 5.74) is 5.32. The first-order valence-electron chi connectivity index (χ1n) is 2.95. The summed E-state index contributed by atoms with van der Waals surface area (Å²) in [6.45, 7) is 0.711. The smallest absolute Gasteiger partial charge is 0.0117 e. The monoisotopic (exact) mass is 129 g/mol. The molecule has 0 saturated carbocycles. The Kier molecular flexibility index (Phi) is 2.43. The van der Waals surface area contributed by atoms with Crippen LogP contribution in [0.5, 0.6) is 0 Å². The van der Waals surface area contributed by atoms with Crippen LogP contribution in [0.25, 0.3) is 0 Å². The van der Waals surface area contributed by atoms with Crippen molar-refractivity contribution < 1.29 is 0 Å². The van der Waals surface area contributed by atoms with E-state index in [0.29, 0.717) is 6.54 Å². The maximum atomic E-state index is 5.32. The van der Waals surface area contributed by atoms with Crippen LogP contribution in [0.4, 0.5) is 0 Å². The molecule has 0 bridgehead atoms. The number of allylic oxidation sites excluding steroid dienone is 1. The van der Waals surface area contributed by atoms with Crippen molar-refractivity contribution in [1.82, 2.24) is 0 Å². The molecule has 1 rings (SSSR count). The van der Waals surface area contributed by atoms with E-state index in [2.05, 4.69) is 6.08 Å². The molecule has 0 aliphatic carbocycles. The van der Waals surface area contributed by atoms with Gasteiger partial charge in [-0.3, -0.25) is 0 Å². The molecular weight excluding hydrogens is 118 g/mol. The molecule has 0 unspecified atom stereocenters. The number of hydrogen-bond donors (Lipinski definition) is 1. The molecule has 1 aliphatic rings. The van der Waals surface area contributed by atoms with Gasteiger partial charge in [0.05, 0.1) is 0 Å². The van der Waals surface area contributed by atoms with Crippen LogP contribution in [-0.2, 0) is 0 Å². The third-order valence-electron chi connectivity index (χ3n) is 1.20. The van der Waals surface area contributed by atoms with Gasteiger partial charge in [0.1, 0.15) is 0 Å². The van der Waals surface area contributed by atoms with Crippen molar-refractivity contribution >= 4 is 11.8 Å². The molecule has 2 heteroatoms. The largest absolute Gasteiger partial charge is 0.327 e. The highest BCUT2D eigenvalue weighted by atomic mass is 32.2. The van der Waals surface area contributed by atoms with Crippen LogP contribution in [-0.4, -0.2) is 12.3 Å². The van der Waals surface area contributed by atoms with Crippen LogP contribution in [0.1, 0.15) is 12.8 Å². The number of hydrogen-bond acceptors (Lipinski definition) is 2. The molecule has 46 valence electrons. The van der Waals surface area contributed by atoms with E-state index in [4.69, 9.17) is 5.73 Å². The first-order valence-corrected chi connectivity index (χ1v) is 3.94. The molecule has 0 atom stereocenters. The normalized spacial score (nSPS) is 24.9. The van der Waals surface area contributed by atoms with E-state index in [1.165, 1.54) is 23.5 Å². The first kappa shape index (κ1) is 6.17. The van der Waals surface area contributed by atoms with Gasteiger partial charge in [0.25, 0.3) is 0 Å². The quantitative estimate of drug-likeness (QED) is 0.578. The third kappa shape index (κ3) is 1.53. The summed E-state index contributed by atoms with van der Waals surface area (Å²) in [4.78, 5) is 1.49. The van der Waals surface area contributed by atoms with Gasteiger partial charge in [0.15, 0.2) is 0 Å². The molecule has 0 amide bonds. The molecule has 0 aromatic rings. The standard InChI is InChI=1S/C6H11NS/c7-4-3-6-2-1-5-8-6/h3H,1-2,4-5,7H2. The average molecular weight is 129 g/mol. The van der Waals surface area contributed by atoms with Gasteiger partial charge in [-0.25, -0.2) is 0 Å². The van der Waals surface area contributed by atoms with Gasteiger partial charge in [-0.2, -0.15) is 0 Å². The Labute approximate surface area is 54.3 Å². The fraction of sp³-hybridized carbons (Fsp3) is 0.667. The molecule has 1 heterocycles. The van der Waals surface area contributed by atoms with E-state index in [0.717, 1.165) is 0 Å². The Morgan fingerprint density at radius 2 is 2.62 bits per heavy atom. The Hall–Kier alpha value is 0.0500. The van der Waals surface area contributed by atoms with Crippen LogP contribution in [0.15, 0.2) is 11.0 Å². The molecular formula is C6H11NS. The fourth-order valence-corrected chi connectivity index (χ4v) is 1.87. The fourth-order valence-electron chi connectivity index (χ4n) is 0.814. The average Bonchev–Trinajstić information content (AvgIpc) is 2.19. The molecule has 1 aliphatic heterocycles. The molecule has 1 saturated heterocycles. The van der Waals surface area contributed by atoms with Crippen LogP contribution in [0.3, 0.4) is 0 Å². The van der Waals surface area contributed by atoms with E-state index in [1.807, 2.05) is 11.8 Å². The molecule has 0 aromatic carbocycles. The summed E-state index contributed by atoms with van der Waals surface area (Å²) in [5, 5.41) is 0. The van der Waals surface area contributed by atoms with E-state index < -0.39 is 0 Å². The number of rotatable bonds is 1. The topological polar surface area (TPSA) is 26.0 Å². The highest BCUT2D eigenvalue weighted by Gasteiger charge is 2.04. The maximum absolute atomic E-state index is 5.32. The molecule has 1 fully saturated rings. The van der Waals surface area contributed by atoms with Gasteiger partial charge in [0, 0.05) is 6.54 Å². The molecule has 0 radical (unpaired) electrons. The summed E-state index contributed by atoms with van der Waals surface area (Å²) in [6.07, 6.45) is 4.73. The summed E-state index contributed by atoms with van der Waals surface area (Å²) in [7, 11) is 0. The summed E-state index contributed by atoms with van der Waals surface area (Å²) in [5.74, 6) is 1.30. The Bertz CT molecular complexity index is 90.7. The lowest BCUT2D eigenvalue weighted by molar-refractivity contribution is 0.989. The van der Waals surface area contributed by atoms with Crippen LogP contribution >= 0.6 is 11.8 Å². The lowest BCUT2D eigenvalue weighted by Crippen LogP contribution is -1.93. The molecule has 0 aromatic heterocycles. The van der Waals surface area contributed by atoms with E-state index in [9.17, 15) is 0 Å². The van der Waals surface area contributed by atoms with Crippen molar-refractivity contribution in [1.29, 1.82) is 0 Å². The highest BCUT2D eigenvalue weighted by molar-refractivity contribution is 8.03. The van der Waals surface area contributed by atoms with E-state index in [-0.39, 0.29) is 0 Å². The van der Waals surface area contributed by atoms with Crippen LogP contribution < -0.4 is 5.73 Å². The zero-order valence-corrected chi connectivity index (χ0v) is 5.71. The van der Waals surface area contributed by atoms with Gasteiger partial charge in [-0.05, 0) is 23.5 Å². The number of thioether (sulfide) groups is 1. The van der Waals surface area contributed by atoms with Crippen molar-refractivity contribution in [2.45, 2.75) is 12.8 Å². The SMILES string of the molecule is NCC=C1CCCS1. The first-order chi connectivity index (χ1) is 3.93. The van der Waals surface area contributed by atoms with E-state index >= 15 is 0 Å².